The number of piperazine rings is 1. The molecular weight excluding hydrogens is 440 g/mol. The van der Waals surface area contributed by atoms with Crippen LogP contribution in [0.2, 0.25) is 0 Å². The van der Waals surface area contributed by atoms with Crippen LogP contribution >= 0.6 is 0 Å². The molecule has 0 bridgehead atoms. The van der Waals surface area contributed by atoms with Crippen molar-refractivity contribution in [2.75, 3.05) is 36.0 Å². The van der Waals surface area contributed by atoms with Crippen molar-refractivity contribution in [1.82, 2.24) is 29.4 Å². The van der Waals surface area contributed by atoms with E-state index < -0.39 is 6.10 Å². The zero-order valence-electron chi connectivity index (χ0n) is 19.4. The predicted molar refractivity (Wildman–Crippen MR) is 134 cm³/mol. The lowest BCUT2D eigenvalue weighted by Crippen LogP contribution is -2.47. The first-order valence-electron chi connectivity index (χ1n) is 11.7. The largest absolute Gasteiger partial charge is 0.384 e. The average Bonchev–Trinajstić information content (AvgIpc) is 3.55. The van der Waals surface area contributed by atoms with E-state index in [1.807, 2.05) is 66.7 Å². The van der Waals surface area contributed by atoms with Gasteiger partial charge in [-0.15, -0.1) is 0 Å². The molecule has 1 aromatic carbocycles. The minimum absolute atomic E-state index is 0.689. The molecule has 0 saturated carbocycles. The van der Waals surface area contributed by atoms with Crippen LogP contribution in [0.4, 0.5) is 11.6 Å². The third kappa shape index (κ3) is 4.10. The monoisotopic (exact) mass is 466 g/mol. The highest BCUT2D eigenvalue weighted by atomic mass is 16.3. The summed E-state index contributed by atoms with van der Waals surface area (Å²) in [4.78, 5) is 13.6. The molecule has 9 heteroatoms. The van der Waals surface area contributed by atoms with Crippen molar-refractivity contribution in [1.29, 1.82) is 0 Å². The van der Waals surface area contributed by atoms with Gasteiger partial charge in [-0.3, -0.25) is 4.68 Å². The fourth-order valence-electron chi connectivity index (χ4n) is 4.57. The van der Waals surface area contributed by atoms with Crippen LogP contribution in [-0.4, -0.2) is 60.6 Å². The van der Waals surface area contributed by atoms with Gasteiger partial charge in [0.1, 0.15) is 6.10 Å². The second-order valence-electron chi connectivity index (χ2n) is 8.78. The summed E-state index contributed by atoms with van der Waals surface area (Å²) in [7, 11) is 1.92. The van der Waals surface area contributed by atoms with E-state index in [0.29, 0.717) is 11.5 Å². The van der Waals surface area contributed by atoms with Gasteiger partial charge in [0.15, 0.2) is 0 Å². The maximum Gasteiger partial charge on any atom is 0.225 e. The van der Waals surface area contributed by atoms with Crippen molar-refractivity contribution >= 4 is 17.2 Å². The molecule has 6 rings (SSSR count). The topological polar surface area (TPSA) is 87.6 Å². The Bertz CT molecular complexity index is 1440. The summed E-state index contributed by atoms with van der Waals surface area (Å²) in [5.41, 5.74) is 5.89. The second-order valence-corrected chi connectivity index (χ2v) is 8.78. The number of rotatable bonds is 5. The molecule has 1 saturated heterocycles. The molecule has 1 aliphatic rings. The normalized spacial score (nSPS) is 15.0. The van der Waals surface area contributed by atoms with Gasteiger partial charge < -0.3 is 14.9 Å². The third-order valence-electron chi connectivity index (χ3n) is 6.53. The molecule has 176 valence electrons. The Balaban J connectivity index is 1.13. The summed E-state index contributed by atoms with van der Waals surface area (Å²) in [6, 6.07) is 13.8. The summed E-state index contributed by atoms with van der Waals surface area (Å²) in [5.74, 6) is 0.689. The molecule has 0 aliphatic carbocycles. The summed E-state index contributed by atoms with van der Waals surface area (Å²) in [5, 5.41) is 19.5. The van der Waals surface area contributed by atoms with Crippen LogP contribution in [-0.2, 0) is 7.05 Å². The molecular formula is C26H26N8O. The van der Waals surface area contributed by atoms with Crippen molar-refractivity contribution in [3.63, 3.8) is 0 Å². The number of aliphatic hydroxyl groups is 1. The maximum absolute atomic E-state index is 10.6. The van der Waals surface area contributed by atoms with Crippen molar-refractivity contribution in [3.05, 3.63) is 90.8 Å². The van der Waals surface area contributed by atoms with Gasteiger partial charge in [0.05, 0.1) is 23.6 Å². The summed E-state index contributed by atoms with van der Waals surface area (Å²) < 4.78 is 3.74. The Hall–Kier alpha value is -4.24. The molecule has 9 nitrogen and oxygen atoms in total. The van der Waals surface area contributed by atoms with Crippen LogP contribution < -0.4 is 9.80 Å². The van der Waals surface area contributed by atoms with E-state index in [4.69, 9.17) is 0 Å². The molecule has 35 heavy (non-hydrogen) atoms. The number of aliphatic hydroxyl groups excluding tert-OH is 1. The molecule has 1 unspecified atom stereocenters. The Morgan fingerprint density at radius 2 is 1.49 bits per heavy atom. The van der Waals surface area contributed by atoms with Crippen molar-refractivity contribution in [3.8, 4) is 11.1 Å². The molecule has 5 heterocycles. The molecule has 0 spiro atoms. The average molecular weight is 467 g/mol. The van der Waals surface area contributed by atoms with Crippen molar-refractivity contribution < 1.29 is 5.11 Å². The molecule has 0 amide bonds. The number of aryl methyl sites for hydroxylation is 1. The molecule has 1 fully saturated rings. The van der Waals surface area contributed by atoms with Crippen LogP contribution in [0.3, 0.4) is 0 Å². The number of aromatic nitrogens is 6. The first-order chi connectivity index (χ1) is 17.2. The number of nitrogens with zero attached hydrogens (tertiary/aromatic N) is 8. The Morgan fingerprint density at radius 1 is 0.743 bits per heavy atom. The zero-order valence-corrected chi connectivity index (χ0v) is 19.4. The number of hydrogen-bond donors (Lipinski definition) is 1. The van der Waals surface area contributed by atoms with E-state index in [-0.39, 0.29) is 0 Å². The number of benzene rings is 1. The number of hydrogen-bond acceptors (Lipinski definition) is 7. The lowest BCUT2D eigenvalue weighted by atomic mass is 10.0. The molecule has 0 radical (unpaired) electrons. The fraction of sp³-hybridized carbons (Fsp3) is 0.231. The highest BCUT2D eigenvalue weighted by molar-refractivity contribution is 5.75. The van der Waals surface area contributed by atoms with Gasteiger partial charge >= 0.3 is 0 Å². The van der Waals surface area contributed by atoms with Gasteiger partial charge in [-0.25, -0.2) is 14.5 Å². The van der Waals surface area contributed by atoms with Crippen LogP contribution in [0.5, 0.6) is 0 Å². The van der Waals surface area contributed by atoms with E-state index >= 15 is 0 Å². The minimum Gasteiger partial charge on any atom is -0.384 e. The van der Waals surface area contributed by atoms with Crippen LogP contribution in [0.25, 0.3) is 16.6 Å². The third-order valence-corrected chi connectivity index (χ3v) is 6.53. The Labute approximate surface area is 202 Å². The maximum atomic E-state index is 10.6. The SMILES string of the molecule is Cn1cc(-c2ccc3c(N4CCN(c5ncc(C(O)c6ccccc6)cn5)CC4)cnn3c2)cn1. The molecule has 4 aromatic heterocycles. The predicted octanol–water partition coefficient (Wildman–Crippen LogP) is 2.93. The molecule has 1 atom stereocenters. The summed E-state index contributed by atoms with van der Waals surface area (Å²) >= 11 is 0. The van der Waals surface area contributed by atoms with Gasteiger partial charge in [0.25, 0.3) is 0 Å². The van der Waals surface area contributed by atoms with Crippen molar-refractivity contribution in [2.24, 2.45) is 7.05 Å². The highest BCUT2D eigenvalue weighted by Gasteiger charge is 2.22. The standard InChI is InChI=1S/C26H26N8O/c1-31-17-22(15-29-31)20-7-8-23-24(16-30-34(23)18-20)32-9-11-33(12-10-32)26-27-13-21(14-28-26)25(35)19-5-3-2-4-6-19/h2-8,13-18,25,35H,9-12H2,1H3. The zero-order chi connectivity index (χ0) is 23.8. The van der Waals surface area contributed by atoms with E-state index in [1.54, 1.807) is 17.1 Å². The fourth-order valence-corrected chi connectivity index (χ4v) is 4.57. The van der Waals surface area contributed by atoms with Gasteiger partial charge in [-0.05, 0) is 11.6 Å². The second kappa shape index (κ2) is 8.84. The molecule has 1 aliphatic heterocycles. The van der Waals surface area contributed by atoms with E-state index in [2.05, 4.69) is 42.1 Å². The minimum atomic E-state index is -0.726. The Kier molecular flexibility index (Phi) is 5.38. The van der Waals surface area contributed by atoms with Crippen LogP contribution in [0.1, 0.15) is 17.2 Å². The van der Waals surface area contributed by atoms with Crippen molar-refractivity contribution in [2.45, 2.75) is 6.10 Å². The lowest BCUT2D eigenvalue weighted by Gasteiger charge is -2.35. The van der Waals surface area contributed by atoms with Gasteiger partial charge in [-0.1, -0.05) is 36.4 Å². The number of fused-ring (bicyclic) bond motifs is 1. The number of pyridine rings is 1. The van der Waals surface area contributed by atoms with E-state index in [1.165, 1.54) is 0 Å². The summed E-state index contributed by atoms with van der Waals surface area (Å²) in [6.07, 6.45) is 10.6. The van der Waals surface area contributed by atoms with E-state index in [0.717, 1.165) is 54.1 Å². The molecule has 1 N–H and O–H groups in total. The quantitative estimate of drug-likeness (QED) is 0.426. The highest BCUT2D eigenvalue weighted by Crippen LogP contribution is 2.27. The number of anilines is 2. The lowest BCUT2D eigenvalue weighted by molar-refractivity contribution is 0.219. The first kappa shape index (κ1) is 21.3. The summed E-state index contributed by atoms with van der Waals surface area (Å²) in [6.45, 7) is 3.32. The first-order valence-corrected chi connectivity index (χ1v) is 11.7. The van der Waals surface area contributed by atoms with Crippen LogP contribution in [0, 0.1) is 0 Å². The van der Waals surface area contributed by atoms with Crippen LogP contribution in [0.15, 0.2) is 79.6 Å². The Morgan fingerprint density at radius 3 is 2.20 bits per heavy atom. The smallest absolute Gasteiger partial charge is 0.225 e. The van der Waals surface area contributed by atoms with Gasteiger partial charge in [-0.2, -0.15) is 10.2 Å². The van der Waals surface area contributed by atoms with Gasteiger partial charge in [0.2, 0.25) is 5.95 Å². The van der Waals surface area contributed by atoms with E-state index in [9.17, 15) is 5.11 Å². The van der Waals surface area contributed by atoms with Gasteiger partial charge in [0, 0.05) is 74.7 Å². The molecule has 5 aromatic rings.